The molecule has 0 aliphatic carbocycles. The van der Waals surface area contributed by atoms with Crippen molar-refractivity contribution >= 4 is 28.6 Å². The number of aromatic nitrogens is 2. The first kappa shape index (κ1) is 17.5. The van der Waals surface area contributed by atoms with E-state index in [9.17, 15) is 14.4 Å². The number of aryl methyl sites for hydroxylation is 1. The van der Waals surface area contributed by atoms with Crippen molar-refractivity contribution in [3.63, 3.8) is 0 Å². The van der Waals surface area contributed by atoms with E-state index in [0.717, 1.165) is 10.9 Å². The van der Waals surface area contributed by atoms with Crippen LogP contribution in [0.15, 0.2) is 18.2 Å². The molecule has 4 rings (SSSR count). The maximum Gasteiger partial charge on any atom is 0.258 e. The molecule has 3 amide bonds. The smallest absolute Gasteiger partial charge is 0.258 e. The first-order valence-corrected chi connectivity index (χ1v) is 8.81. The standard InChI is InChI=1S/C18H20N4O5/c1-22-14-6-11(27-9-16(24)19-10-7-26-8-10)2-3-12(14)17(21-22)13-4-5-15(23)20-18(13)25/h2-3,6,10,13H,4-5,7-9H2,1H3,(H,19,24)(H,20,23,25). The summed E-state index contributed by atoms with van der Waals surface area (Å²) in [6.45, 7) is 0.992. The van der Waals surface area contributed by atoms with Gasteiger partial charge in [0.15, 0.2) is 6.61 Å². The summed E-state index contributed by atoms with van der Waals surface area (Å²) < 4.78 is 12.3. The van der Waals surface area contributed by atoms with Crippen molar-refractivity contribution in [3.8, 4) is 5.75 Å². The van der Waals surface area contributed by atoms with E-state index in [2.05, 4.69) is 15.7 Å². The first-order valence-electron chi connectivity index (χ1n) is 8.81. The molecule has 2 aromatic rings. The van der Waals surface area contributed by atoms with E-state index in [4.69, 9.17) is 9.47 Å². The largest absolute Gasteiger partial charge is 0.484 e. The third-order valence-corrected chi connectivity index (χ3v) is 4.79. The highest BCUT2D eigenvalue weighted by atomic mass is 16.5. The number of nitrogens with one attached hydrogen (secondary N) is 2. The Morgan fingerprint density at radius 1 is 1.41 bits per heavy atom. The van der Waals surface area contributed by atoms with E-state index in [-0.39, 0.29) is 30.4 Å². The Morgan fingerprint density at radius 3 is 2.93 bits per heavy atom. The number of benzene rings is 1. The van der Waals surface area contributed by atoms with E-state index < -0.39 is 5.92 Å². The van der Waals surface area contributed by atoms with Crippen molar-refractivity contribution < 1.29 is 23.9 Å². The molecule has 3 heterocycles. The third kappa shape index (κ3) is 3.50. The molecule has 2 saturated heterocycles. The fraction of sp³-hybridized carbons (Fsp3) is 0.444. The molecule has 2 aliphatic heterocycles. The van der Waals surface area contributed by atoms with Crippen LogP contribution >= 0.6 is 0 Å². The molecule has 1 atom stereocenters. The fourth-order valence-corrected chi connectivity index (χ4v) is 3.30. The van der Waals surface area contributed by atoms with E-state index >= 15 is 0 Å². The highest BCUT2D eigenvalue weighted by Crippen LogP contribution is 2.31. The number of nitrogens with zero attached hydrogens (tertiary/aromatic N) is 2. The van der Waals surface area contributed by atoms with Gasteiger partial charge in [0.25, 0.3) is 5.91 Å². The normalized spacial score (nSPS) is 20.3. The van der Waals surface area contributed by atoms with Gasteiger partial charge >= 0.3 is 0 Å². The van der Waals surface area contributed by atoms with Crippen LogP contribution in [0.25, 0.3) is 10.9 Å². The van der Waals surface area contributed by atoms with Crippen molar-refractivity contribution in [1.29, 1.82) is 0 Å². The Hall–Kier alpha value is -2.94. The predicted molar refractivity (Wildman–Crippen MR) is 94.1 cm³/mol. The highest BCUT2D eigenvalue weighted by molar-refractivity contribution is 6.02. The van der Waals surface area contributed by atoms with Gasteiger partial charge in [-0.15, -0.1) is 0 Å². The van der Waals surface area contributed by atoms with Crippen LogP contribution in [-0.2, 0) is 26.2 Å². The lowest BCUT2D eigenvalue weighted by atomic mass is 9.93. The van der Waals surface area contributed by atoms with Gasteiger partial charge in [-0.2, -0.15) is 5.10 Å². The molecule has 142 valence electrons. The van der Waals surface area contributed by atoms with Crippen molar-refractivity contribution in [2.45, 2.75) is 24.8 Å². The van der Waals surface area contributed by atoms with Crippen molar-refractivity contribution in [2.75, 3.05) is 19.8 Å². The van der Waals surface area contributed by atoms with E-state index in [1.807, 2.05) is 6.07 Å². The van der Waals surface area contributed by atoms with Gasteiger partial charge in [0, 0.05) is 24.9 Å². The lowest BCUT2D eigenvalue weighted by Crippen LogP contribution is -2.49. The summed E-state index contributed by atoms with van der Waals surface area (Å²) in [5, 5.41) is 10.5. The van der Waals surface area contributed by atoms with Gasteiger partial charge in [0.1, 0.15) is 5.75 Å². The average Bonchev–Trinajstić information content (AvgIpc) is 2.93. The maximum absolute atomic E-state index is 12.2. The average molecular weight is 372 g/mol. The number of rotatable bonds is 5. The summed E-state index contributed by atoms with van der Waals surface area (Å²) >= 11 is 0. The van der Waals surface area contributed by atoms with Gasteiger partial charge in [-0.25, -0.2) is 0 Å². The summed E-state index contributed by atoms with van der Waals surface area (Å²) in [5.74, 6) is -0.672. The van der Waals surface area contributed by atoms with E-state index in [0.29, 0.717) is 37.5 Å². The molecule has 1 unspecified atom stereocenters. The Balaban J connectivity index is 1.49. The minimum atomic E-state index is -0.450. The summed E-state index contributed by atoms with van der Waals surface area (Å²) in [7, 11) is 1.78. The Morgan fingerprint density at radius 2 is 2.22 bits per heavy atom. The van der Waals surface area contributed by atoms with Crippen LogP contribution in [0.1, 0.15) is 24.5 Å². The topological polar surface area (TPSA) is 112 Å². The minimum Gasteiger partial charge on any atom is -0.484 e. The summed E-state index contributed by atoms with van der Waals surface area (Å²) in [4.78, 5) is 35.4. The van der Waals surface area contributed by atoms with Crippen LogP contribution in [0.4, 0.5) is 0 Å². The fourth-order valence-electron chi connectivity index (χ4n) is 3.30. The van der Waals surface area contributed by atoms with Gasteiger partial charge in [0.2, 0.25) is 11.8 Å². The second-order valence-corrected chi connectivity index (χ2v) is 6.78. The molecule has 2 N–H and O–H groups in total. The molecule has 2 aliphatic rings. The number of hydrogen-bond acceptors (Lipinski definition) is 6. The van der Waals surface area contributed by atoms with Gasteiger partial charge in [-0.1, -0.05) is 0 Å². The van der Waals surface area contributed by atoms with Crippen molar-refractivity contribution in [2.24, 2.45) is 7.05 Å². The Bertz CT molecular complexity index is 918. The number of carbonyl (C=O) groups excluding carboxylic acids is 3. The van der Waals surface area contributed by atoms with Crippen LogP contribution in [0.2, 0.25) is 0 Å². The molecular weight excluding hydrogens is 352 g/mol. The monoisotopic (exact) mass is 372 g/mol. The Labute approximate surface area is 155 Å². The molecule has 0 radical (unpaired) electrons. The lowest BCUT2D eigenvalue weighted by Gasteiger charge is -2.26. The molecule has 0 spiro atoms. The number of fused-ring (bicyclic) bond motifs is 1. The number of carbonyl (C=O) groups is 3. The summed E-state index contributed by atoms with van der Waals surface area (Å²) in [6.07, 6.45) is 0.747. The van der Waals surface area contributed by atoms with Gasteiger partial charge in [-0.3, -0.25) is 24.4 Å². The summed E-state index contributed by atoms with van der Waals surface area (Å²) in [5.41, 5.74) is 1.44. The molecule has 0 saturated carbocycles. The Kier molecular flexibility index (Phi) is 4.53. The van der Waals surface area contributed by atoms with Crippen LogP contribution in [0.5, 0.6) is 5.75 Å². The maximum atomic E-state index is 12.2. The number of hydrogen-bond donors (Lipinski definition) is 2. The second kappa shape index (κ2) is 6.99. The van der Waals surface area contributed by atoms with E-state index in [1.165, 1.54) is 0 Å². The molecule has 9 heteroatoms. The molecule has 27 heavy (non-hydrogen) atoms. The third-order valence-electron chi connectivity index (χ3n) is 4.79. The van der Waals surface area contributed by atoms with Crippen LogP contribution < -0.4 is 15.4 Å². The number of ether oxygens (including phenoxy) is 2. The molecule has 1 aromatic heterocycles. The van der Waals surface area contributed by atoms with Crippen molar-refractivity contribution in [1.82, 2.24) is 20.4 Å². The SMILES string of the molecule is Cn1nc(C2CCC(=O)NC2=O)c2ccc(OCC(=O)NC3COC3)cc21. The second-order valence-electron chi connectivity index (χ2n) is 6.78. The number of imide groups is 1. The zero-order valence-electron chi connectivity index (χ0n) is 14.9. The van der Waals surface area contributed by atoms with Crippen LogP contribution in [-0.4, -0.2) is 53.4 Å². The number of amides is 3. The zero-order chi connectivity index (χ0) is 19.0. The predicted octanol–water partition coefficient (Wildman–Crippen LogP) is -0.0127. The van der Waals surface area contributed by atoms with Crippen molar-refractivity contribution in [3.05, 3.63) is 23.9 Å². The number of piperidine rings is 1. The highest BCUT2D eigenvalue weighted by Gasteiger charge is 2.31. The van der Waals surface area contributed by atoms with Crippen LogP contribution in [0.3, 0.4) is 0 Å². The van der Waals surface area contributed by atoms with Crippen LogP contribution in [0, 0.1) is 0 Å². The van der Waals surface area contributed by atoms with E-state index in [1.54, 1.807) is 23.9 Å². The zero-order valence-corrected chi connectivity index (χ0v) is 14.9. The molecule has 1 aromatic carbocycles. The first-order chi connectivity index (χ1) is 13.0. The van der Waals surface area contributed by atoms with Gasteiger partial charge in [0.05, 0.1) is 36.4 Å². The molecular formula is C18H20N4O5. The van der Waals surface area contributed by atoms with Gasteiger partial charge < -0.3 is 14.8 Å². The summed E-state index contributed by atoms with van der Waals surface area (Å²) in [6, 6.07) is 5.43. The molecule has 0 bridgehead atoms. The lowest BCUT2D eigenvalue weighted by molar-refractivity contribution is -0.134. The van der Waals surface area contributed by atoms with Gasteiger partial charge in [-0.05, 0) is 18.6 Å². The molecule has 2 fully saturated rings. The minimum absolute atomic E-state index is 0.0664. The molecule has 9 nitrogen and oxygen atoms in total. The quantitative estimate of drug-likeness (QED) is 0.714.